The van der Waals surface area contributed by atoms with Crippen molar-refractivity contribution in [3.8, 4) is 11.5 Å². The van der Waals surface area contributed by atoms with Crippen LogP contribution in [0.3, 0.4) is 0 Å². The molecule has 0 atom stereocenters. The van der Waals surface area contributed by atoms with Gasteiger partial charge in [-0.25, -0.2) is 4.39 Å². The van der Waals surface area contributed by atoms with E-state index in [1.807, 2.05) is 0 Å². The molecule has 140 valence electrons. The summed E-state index contributed by atoms with van der Waals surface area (Å²) in [6.07, 6.45) is 1.58. The predicted octanol–water partition coefficient (Wildman–Crippen LogP) is 6.33. The van der Waals surface area contributed by atoms with E-state index in [4.69, 9.17) is 32.7 Å². The molecule has 0 aliphatic carbocycles. The highest BCUT2D eigenvalue weighted by Crippen LogP contribution is 2.36. The Balaban J connectivity index is 1.52. The van der Waals surface area contributed by atoms with Gasteiger partial charge in [-0.3, -0.25) is 4.79 Å². The normalized spacial score (nSPS) is 14.1. The number of ether oxygens (including phenoxy) is 2. The van der Waals surface area contributed by atoms with E-state index >= 15 is 0 Å². The van der Waals surface area contributed by atoms with E-state index < -0.39 is 0 Å². The van der Waals surface area contributed by atoms with Gasteiger partial charge in [0.05, 0.1) is 5.56 Å². The predicted molar refractivity (Wildman–Crippen MR) is 107 cm³/mol. The lowest BCUT2D eigenvalue weighted by molar-refractivity contribution is 0.101. The summed E-state index contributed by atoms with van der Waals surface area (Å²) in [7, 11) is 0. The zero-order chi connectivity index (χ0) is 19.7. The van der Waals surface area contributed by atoms with Crippen LogP contribution in [0.5, 0.6) is 11.5 Å². The lowest BCUT2D eigenvalue weighted by Crippen LogP contribution is -1.98. The van der Waals surface area contributed by atoms with E-state index in [1.165, 1.54) is 12.1 Å². The first-order valence-electron chi connectivity index (χ1n) is 8.40. The van der Waals surface area contributed by atoms with Gasteiger partial charge in [0, 0.05) is 16.1 Å². The van der Waals surface area contributed by atoms with Crippen LogP contribution in [0.25, 0.3) is 6.08 Å². The molecule has 0 saturated heterocycles. The Morgan fingerprint density at radius 2 is 1.79 bits per heavy atom. The highest BCUT2D eigenvalue weighted by Gasteiger charge is 2.28. The van der Waals surface area contributed by atoms with Gasteiger partial charge in [-0.05, 0) is 53.6 Å². The Morgan fingerprint density at radius 3 is 2.54 bits per heavy atom. The molecule has 28 heavy (non-hydrogen) atoms. The maximum absolute atomic E-state index is 13.0. The fourth-order valence-corrected chi connectivity index (χ4v) is 3.23. The molecule has 3 aromatic rings. The summed E-state index contributed by atoms with van der Waals surface area (Å²) in [5.41, 5.74) is 1.91. The summed E-state index contributed by atoms with van der Waals surface area (Å²) in [4.78, 5) is 12.6. The molecule has 4 rings (SSSR count). The molecule has 1 aliphatic rings. The van der Waals surface area contributed by atoms with Crippen LogP contribution in [0.2, 0.25) is 10.0 Å². The Labute approximate surface area is 170 Å². The number of benzene rings is 3. The molecule has 1 aliphatic heterocycles. The number of hydrogen-bond acceptors (Lipinski definition) is 3. The summed E-state index contributed by atoms with van der Waals surface area (Å²) in [5, 5.41) is 0.938. The van der Waals surface area contributed by atoms with Crippen LogP contribution in [0, 0.1) is 5.82 Å². The molecule has 0 bridgehead atoms. The van der Waals surface area contributed by atoms with Crippen molar-refractivity contribution in [2.24, 2.45) is 0 Å². The minimum Gasteiger partial charge on any atom is -0.489 e. The molecule has 0 radical (unpaired) electrons. The van der Waals surface area contributed by atoms with Gasteiger partial charge in [0.15, 0.2) is 5.76 Å². The second-order valence-corrected chi connectivity index (χ2v) is 7.02. The fourth-order valence-electron chi connectivity index (χ4n) is 2.76. The van der Waals surface area contributed by atoms with Crippen molar-refractivity contribution >= 4 is 35.1 Å². The van der Waals surface area contributed by atoms with E-state index in [0.29, 0.717) is 32.7 Å². The van der Waals surface area contributed by atoms with Gasteiger partial charge in [-0.1, -0.05) is 41.4 Å². The Morgan fingerprint density at radius 1 is 1.00 bits per heavy atom. The van der Waals surface area contributed by atoms with Crippen molar-refractivity contribution in [3.63, 3.8) is 0 Å². The molecule has 0 spiro atoms. The summed E-state index contributed by atoms with van der Waals surface area (Å²) < 4.78 is 24.4. The molecular formula is C22H13Cl2FO3. The van der Waals surface area contributed by atoms with Crippen LogP contribution >= 0.6 is 23.2 Å². The number of hydrogen-bond donors (Lipinski definition) is 0. The van der Waals surface area contributed by atoms with Gasteiger partial charge in [-0.2, -0.15) is 0 Å². The quantitative estimate of drug-likeness (QED) is 0.468. The maximum Gasteiger partial charge on any atom is 0.231 e. The zero-order valence-corrected chi connectivity index (χ0v) is 15.9. The largest absolute Gasteiger partial charge is 0.489 e. The number of Topliss-reactive ketones (excluding diaryl/α,β-unsaturated/α-hetero) is 1. The van der Waals surface area contributed by atoms with Crippen molar-refractivity contribution in [1.82, 2.24) is 0 Å². The van der Waals surface area contributed by atoms with E-state index in [0.717, 1.165) is 5.56 Å². The number of ketones is 1. The van der Waals surface area contributed by atoms with Gasteiger partial charge in [0.25, 0.3) is 0 Å². The third kappa shape index (κ3) is 3.88. The van der Waals surface area contributed by atoms with Gasteiger partial charge < -0.3 is 9.47 Å². The van der Waals surface area contributed by atoms with Crippen LogP contribution in [0.1, 0.15) is 21.5 Å². The molecule has 0 aromatic heterocycles. The molecule has 0 N–H and O–H groups in total. The van der Waals surface area contributed by atoms with E-state index in [-0.39, 0.29) is 24.0 Å². The third-order valence-corrected chi connectivity index (χ3v) is 4.77. The lowest BCUT2D eigenvalue weighted by Gasteiger charge is -2.07. The first-order valence-corrected chi connectivity index (χ1v) is 9.16. The van der Waals surface area contributed by atoms with Gasteiger partial charge >= 0.3 is 0 Å². The molecule has 1 heterocycles. The molecule has 3 aromatic carbocycles. The fraction of sp³-hybridized carbons (Fsp3) is 0.0455. The minimum atomic E-state index is -0.298. The van der Waals surface area contributed by atoms with Crippen molar-refractivity contribution in [2.75, 3.05) is 0 Å². The van der Waals surface area contributed by atoms with Crippen molar-refractivity contribution in [1.29, 1.82) is 0 Å². The maximum atomic E-state index is 13.0. The Bertz CT molecular complexity index is 1090. The van der Waals surface area contributed by atoms with Gasteiger partial charge in [0.1, 0.15) is 23.9 Å². The van der Waals surface area contributed by atoms with Crippen LogP contribution in [-0.2, 0) is 6.61 Å². The molecule has 0 fully saturated rings. The van der Waals surface area contributed by atoms with E-state index in [1.54, 1.807) is 54.6 Å². The summed E-state index contributed by atoms with van der Waals surface area (Å²) >= 11 is 12.1. The Hall–Kier alpha value is -2.82. The molecule has 6 heteroatoms. The monoisotopic (exact) mass is 414 g/mol. The first kappa shape index (κ1) is 18.5. The van der Waals surface area contributed by atoms with E-state index in [9.17, 15) is 9.18 Å². The number of fused-ring (bicyclic) bond motifs is 1. The highest BCUT2D eigenvalue weighted by molar-refractivity contribution is 6.35. The standard InChI is InChI=1S/C22H13Cl2FO3/c23-15-4-3-14(19(24)10-15)9-21-22(26)18-8-7-17(11-20(18)28-21)27-12-13-1-5-16(25)6-2-13/h1-11H,12H2. The van der Waals surface area contributed by atoms with Crippen LogP contribution < -0.4 is 9.47 Å². The third-order valence-electron chi connectivity index (χ3n) is 4.21. The molecule has 0 unspecified atom stereocenters. The topological polar surface area (TPSA) is 35.5 Å². The van der Waals surface area contributed by atoms with Gasteiger partial charge in [0.2, 0.25) is 5.78 Å². The minimum absolute atomic E-state index is 0.176. The molecule has 0 saturated carbocycles. The van der Waals surface area contributed by atoms with Crippen molar-refractivity contribution in [3.05, 3.63) is 99.0 Å². The smallest absolute Gasteiger partial charge is 0.231 e. The molecule has 3 nitrogen and oxygen atoms in total. The number of rotatable bonds is 4. The van der Waals surface area contributed by atoms with Crippen LogP contribution in [0.4, 0.5) is 4.39 Å². The number of allylic oxidation sites excluding steroid dienone is 1. The average Bonchev–Trinajstić information content (AvgIpc) is 2.98. The van der Waals surface area contributed by atoms with Crippen LogP contribution in [-0.4, -0.2) is 5.78 Å². The van der Waals surface area contributed by atoms with Crippen molar-refractivity contribution in [2.45, 2.75) is 6.61 Å². The molecular weight excluding hydrogens is 402 g/mol. The SMILES string of the molecule is O=C1C(=Cc2ccc(Cl)cc2Cl)Oc2cc(OCc3ccc(F)cc3)ccc21. The van der Waals surface area contributed by atoms with Gasteiger partial charge in [-0.15, -0.1) is 0 Å². The van der Waals surface area contributed by atoms with Crippen molar-refractivity contribution < 1.29 is 18.7 Å². The highest BCUT2D eigenvalue weighted by atomic mass is 35.5. The Kier molecular flexibility index (Phi) is 5.07. The number of carbonyl (C=O) groups excluding carboxylic acids is 1. The summed E-state index contributed by atoms with van der Waals surface area (Å²) in [5.74, 6) is 0.605. The zero-order valence-electron chi connectivity index (χ0n) is 14.4. The number of halogens is 3. The van der Waals surface area contributed by atoms with Crippen LogP contribution in [0.15, 0.2) is 66.4 Å². The first-order chi connectivity index (χ1) is 13.5. The summed E-state index contributed by atoms with van der Waals surface area (Å²) in [6.45, 7) is 0.274. The van der Waals surface area contributed by atoms with E-state index in [2.05, 4.69) is 0 Å². The summed E-state index contributed by atoms with van der Waals surface area (Å²) in [6, 6.07) is 16.1. The molecule has 0 amide bonds. The number of carbonyl (C=O) groups is 1. The second-order valence-electron chi connectivity index (χ2n) is 6.18. The second kappa shape index (κ2) is 7.66. The lowest BCUT2D eigenvalue weighted by atomic mass is 10.1. The average molecular weight is 415 g/mol.